The number of fused-ring (bicyclic) bond motifs is 1. The predicted octanol–water partition coefficient (Wildman–Crippen LogP) is 6.03. The number of hydrogen-bond acceptors (Lipinski definition) is 6. The van der Waals surface area contributed by atoms with E-state index in [0.717, 1.165) is 57.8 Å². The van der Waals surface area contributed by atoms with Gasteiger partial charge in [0.15, 0.2) is 6.29 Å². The lowest BCUT2D eigenvalue weighted by atomic mass is 9.96. The van der Waals surface area contributed by atoms with Gasteiger partial charge < -0.3 is 14.4 Å². The summed E-state index contributed by atoms with van der Waals surface area (Å²) in [6.07, 6.45) is 5.79. The number of rotatable bonds is 6. The Hall–Kier alpha value is -4.04. The fraction of sp³-hybridized carbons (Fsp3) is 0.355. The zero-order valence-electron chi connectivity index (χ0n) is 22.9. The number of amides is 1. The van der Waals surface area contributed by atoms with Crippen LogP contribution in [0.2, 0.25) is 0 Å². The maximum absolute atomic E-state index is 13.3. The third-order valence-electron chi connectivity index (χ3n) is 6.84. The standard InChI is InChI=1S/C31H34N4O4/c1-31(2,3)39-30(37)35(26-10-12-38-13-11-26)18-21-8-9-29-28(14-21)27(16-25(20-36)33-29)23-7-5-6-22(15-23)24-17-32-34(4)19-24/h5-9,14-17,19-20,26H,10-13,18H2,1-4H3. The van der Waals surface area contributed by atoms with Gasteiger partial charge in [-0.2, -0.15) is 5.10 Å². The molecule has 0 atom stereocenters. The van der Waals surface area contributed by atoms with E-state index in [-0.39, 0.29) is 12.1 Å². The van der Waals surface area contributed by atoms with Crippen LogP contribution in [-0.2, 0) is 23.1 Å². The Kier molecular flexibility index (Phi) is 7.48. The van der Waals surface area contributed by atoms with Crippen LogP contribution in [0.3, 0.4) is 0 Å². The lowest BCUT2D eigenvalue weighted by molar-refractivity contribution is -0.00808. The minimum atomic E-state index is -0.592. The maximum Gasteiger partial charge on any atom is 0.410 e. The van der Waals surface area contributed by atoms with Gasteiger partial charge >= 0.3 is 6.09 Å². The van der Waals surface area contributed by atoms with Gasteiger partial charge in [0.1, 0.15) is 11.3 Å². The molecule has 2 aromatic carbocycles. The molecule has 0 radical (unpaired) electrons. The average Bonchev–Trinajstić information content (AvgIpc) is 3.37. The first-order valence-electron chi connectivity index (χ1n) is 13.3. The van der Waals surface area contributed by atoms with Crippen LogP contribution in [0.1, 0.15) is 49.7 Å². The molecular weight excluding hydrogens is 492 g/mol. The highest BCUT2D eigenvalue weighted by molar-refractivity contribution is 5.98. The molecule has 0 spiro atoms. The number of nitrogens with zero attached hydrogens (tertiary/aromatic N) is 4. The Morgan fingerprint density at radius 1 is 1.10 bits per heavy atom. The first kappa shape index (κ1) is 26.6. The smallest absolute Gasteiger partial charge is 0.410 e. The number of carbonyl (C=O) groups excluding carboxylic acids is 2. The molecule has 39 heavy (non-hydrogen) atoms. The van der Waals surface area contributed by atoms with Gasteiger partial charge in [-0.25, -0.2) is 9.78 Å². The zero-order valence-corrected chi connectivity index (χ0v) is 22.9. The van der Waals surface area contributed by atoms with E-state index in [4.69, 9.17) is 9.47 Å². The zero-order chi connectivity index (χ0) is 27.6. The summed E-state index contributed by atoms with van der Waals surface area (Å²) in [6, 6.07) is 16.0. The second kappa shape index (κ2) is 11.0. The van der Waals surface area contributed by atoms with Gasteiger partial charge in [-0.1, -0.05) is 24.3 Å². The van der Waals surface area contributed by atoms with Crippen LogP contribution in [0.5, 0.6) is 0 Å². The molecule has 0 N–H and O–H groups in total. The summed E-state index contributed by atoms with van der Waals surface area (Å²) < 4.78 is 13.1. The van der Waals surface area contributed by atoms with Crippen LogP contribution < -0.4 is 0 Å². The number of benzene rings is 2. The van der Waals surface area contributed by atoms with Crippen molar-refractivity contribution in [1.29, 1.82) is 0 Å². The number of ether oxygens (including phenoxy) is 2. The molecule has 1 amide bonds. The van der Waals surface area contributed by atoms with Crippen LogP contribution in [0.15, 0.2) is 60.9 Å². The van der Waals surface area contributed by atoms with Gasteiger partial charge in [0, 0.05) is 50.0 Å². The van der Waals surface area contributed by atoms with Gasteiger partial charge in [-0.05, 0) is 80.1 Å². The van der Waals surface area contributed by atoms with Gasteiger partial charge in [0.25, 0.3) is 0 Å². The summed E-state index contributed by atoms with van der Waals surface area (Å²) in [6.45, 7) is 7.29. The van der Waals surface area contributed by atoms with Gasteiger partial charge in [-0.15, -0.1) is 0 Å². The van der Waals surface area contributed by atoms with Gasteiger partial charge in [-0.3, -0.25) is 9.48 Å². The van der Waals surface area contributed by atoms with Crippen LogP contribution in [0.4, 0.5) is 4.79 Å². The number of pyridine rings is 1. The largest absolute Gasteiger partial charge is 0.444 e. The van der Waals surface area contributed by atoms with E-state index in [1.165, 1.54) is 0 Å². The fourth-order valence-corrected chi connectivity index (χ4v) is 4.98. The third kappa shape index (κ3) is 6.17. The number of hydrogen-bond donors (Lipinski definition) is 0. The van der Waals surface area contributed by atoms with Crippen LogP contribution in [0, 0.1) is 0 Å². The molecule has 0 bridgehead atoms. The lowest BCUT2D eigenvalue weighted by Gasteiger charge is -2.35. The lowest BCUT2D eigenvalue weighted by Crippen LogP contribution is -2.45. The molecule has 8 heteroatoms. The normalized spacial score (nSPS) is 14.4. The molecule has 1 saturated heterocycles. The van der Waals surface area contributed by atoms with E-state index in [0.29, 0.717) is 25.5 Å². The Labute approximate surface area is 228 Å². The van der Waals surface area contributed by atoms with Crippen LogP contribution in [0.25, 0.3) is 33.2 Å². The summed E-state index contributed by atoms with van der Waals surface area (Å²) in [5, 5.41) is 5.21. The van der Waals surface area contributed by atoms with Gasteiger partial charge in [0.2, 0.25) is 0 Å². The Morgan fingerprint density at radius 3 is 2.56 bits per heavy atom. The number of aromatic nitrogens is 3. The van der Waals surface area contributed by atoms with Crippen molar-refractivity contribution in [3.63, 3.8) is 0 Å². The molecule has 1 fully saturated rings. The molecule has 1 aliphatic heterocycles. The molecule has 1 aliphatic rings. The summed E-state index contributed by atoms with van der Waals surface area (Å²) in [4.78, 5) is 31.4. The SMILES string of the molecule is Cn1cc(-c2cccc(-c3cc(C=O)nc4ccc(CN(C(=O)OC(C)(C)C)C5CCOCC5)cc34)c2)cn1. The maximum atomic E-state index is 13.3. The molecule has 3 heterocycles. The van der Waals surface area contributed by atoms with Crippen LogP contribution in [-0.4, -0.2) is 56.9 Å². The summed E-state index contributed by atoms with van der Waals surface area (Å²) in [5.41, 5.74) is 5.39. The number of carbonyl (C=O) groups is 2. The molecule has 0 aliphatic carbocycles. The van der Waals surface area contributed by atoms with Crippen molar-refractivity contribution in [3.05, 3.63) is 72.2 Å². The summed E-state index contributed by atoms with van der Waals surface area (Å²) in [5.74, 6) is 0. The monoisotopic (exact) mass is 526 g/mol. The predicted molar refractivity (Wildman–Crippen MR) is 150 cm³/mol. The average molecular weight is 527 g/mol. The minimum Gasteiger partial charge on any atom is -0.444 e. The first-order chi connectivity index (χ1) is 18.7. The second-order valence-electron chi connectivity index (χ2n) is 11.0. The summed E-state index contributed by atoms with van der Waals surface area (Å²) in [7, 11) is 1.89. The quantitative estimate of drug-likeness (QED) is 0.285. The van der Waals surface area contributed by atoms with Gasteiger partial charge in [0.05, 0.1) is 11.7 Å². The second-order valence-corrected chi connectivity index (χ2v) is 11.0. The Morgan fingerprint density at radius 2 is 1.87 bits per heavy atom. The van der Waals surface area contributed by atoms with Crippen molar-refractivity contribution in [2.75, 3.05) is 13.2 Å². The Bertz CT molecular complexity index is 1500. The molecule has 4 aromatic rings. The van der Waals surface area contributed by atoms with Crippen LogP contribution >= 0.6 is 0 Å². The van der Waals surface area contributed by atoms with E-state index in [2.05, 4.69) is 22.2 Å². The van der Waals surface area contributed by atoms with E-state index in [9.17, 15) is 9.59 Å². The molecule has 0 unspecified atom stereocenters. The van der Waals surface area contributed by atoms with Crippen molar-refractivity contribution in [3.8, 4) is 22.3 Å². The Balaban J connectivity index is 1.55. The van der Waals surface area contributed by atoms with Crippen molar-refractivity contribution in [2.24, 2.45) is 7.05 Å². The van der Waals surface area contributed by atoms with Crippen molar-refractivity contribution < 1.29 is 19.1 Å². The molecule has 5 rings (SSSR count). The highest BCUT2D eigenvalue weighted by atomic mass is 16.6. The molecule has 2 aromatic heterocycles. The van der Waals surface area contributed by atoms with E-state index < -0.39 is 5.60 Å². The highest BCUT2D eigenvalue weighted by Gasteiger charge is 2.30. The minimum absolute atomic E-state index is 0.0375. The highest BCUT2D eigenvalue weighted by Crippen LogP contribution is 2.33. The van der Waals surface area contributed by atoms with Crippen molar-refractivity contribution in [1.82, 2.24) is 19.7 Å². The molecule has 202 valence electrons. The molecule has 8 nitrogen and oxygen atoms in total. The van der Waals surface area contributed by atoms with Crippen molar-refractivity contribution >= 4 is 23.3 Å². The fourth-order valence-electron chi connectivity index (χ4n) is 4.98. The number of aryl methyl sites for hydroxylation is 1. The van der Waals surface area contributed by atoms with E-state index >= 15 is 0 Å². The first-order valence-corrected chi connectivity index (χ1v) is 13.3. The van der Waals surface area contributed by atoms with E-state index in [1.54, 1.807) is 4.68 Å². The summed E-state index contributed by atoms with van der Waals surface area (Å²) >= 11 is 0. The van der Waals surface area contributed by atoms with E-state index in [1.807, 2.05) is 81.5 Å². The van der Waals surface area contributed by atoms with Crippen molar-refractivity contribution in [2.45, 2.75) is 51.8 Å². The molecular formula is C31H34N4O4. The topological polar surface area (TPSA) is 86.6 Å². The third-order valence-corrected chi connectivity index (χ3v) is 6.84. The molecule has 0 saturated carbocycles. The number of aldehydes is 1.